The van der Waals surface area contributed by atoms with Crippen LogP contribution in [-0.2, 0) is 10.9 Å². The number of aromatic nitrogens is 1. The van der Waals surface area contributed by atoms with Crippen molar-refractivity contribution in [3.05, 3.63) is 82.4 Å². The van der Waals surface area contributed by atoms with Crippen LogP contribution in [0.25, 0.3) is 10.4 Å². The number of carbonyl (C=O) groups excluding carboxylic acids is 1. The van der Waals surface area contributed by atoms with Crippen LogP contribution in [0.3, 0.4) is 0 Å². The van der Waals surface area contributed by atoms with Gasteiger partial charge in [-0.15, -0.1) is 0 Å². The van der Waals surface area contributed by atoms with Gasteiger partial charge in [-0.2, -0.15) is 13.2 Å². The molecule has 1 aliphatic heterocycles. The highest BCUT2D eigenvalue weighted by molar-refractivity contribution is 6.01. The van der Waals surface area contributed by atoms with E-state index in [-0.39, 0.29) is 22.8 Å². The summed E-state index contributed by atoms with van der Waals surface area (Å²) in [5, 5.41) is 6.11. The Bertz CT molecular complexity index is 1290. The number of pyridine rings is 1. The Morgan fingerprint density at radius 2 is 1.83 bits per heavy atom. The van der Waals surface area contributed by atoms with Crippen molar-refractivity contribution < 1.29 is 22.7 Å². The lowest BCUT2D eigenvalue weighted by molar-refractivity contribution is -0.137. The van der Waals surface area contributed by atoms with Crippen LogP contribution in [-0.4, -0.2) is 44.2 Å². The van der Waals surface area contributed by atoms with Crippen molar-refractivity contribution in [1.29, 1.82) is 0 Å². The quantitative estimate of drug-likeness (QED) is 0.258. The van der Waals surface area contributed by atoms with Crippen molar-refractivity contribution in [2.45, 2.75) is 6.18 Å². The van der Waals surface area contributed by atoms with Crippen molar-refractivity contribution in [2.24, 2.45) is 5.11 Å². The number of halogens is 3. The first kappa shape index (κ1) is 24.8. The minimum atomic E-state index is -4.70. The molecule has 0 unspecified atom stereocenters. The molecular formula is C24H22F3N7O2. The number of morpholine rings is 1. The number of anilines is 5. The molecule has 186 valence electrons. The van der Waals surface area contributed by atoms with Gasteiger partial charge in [0, 0.05) is 54.3 Å². The summed E-state index contributed by atoms with van der Waals surface area (Å²) in [5.74, 6) is -0.718. The smallest absolute Gasteiger partial charge is 0.378 e. The molecule has 0 saturated carbocycles. The molecule has 0 bridgehead atoms. The predicted octanol–water partition coefficient (Wildman–Crippen LogP) is 5.90. The van der Waals surface area contributed by atoms with E-state index in [0.29, 0.717) is 18.9 Å². The number of para-hydroxylation sites is 1. The van der Waals surface area contributed by atoms with Crippen molar-refractivity contribution in [3.63, 3.8) is 0 Å². The number of nitrogens with zero attached hydrogens (tertiary/aromatic N) is 6. The average Bonchev–Trinajstić information content (AvgIpc) is 2.88. The molecule has 1 aromatic heterocycles. The zero-order valence-corrected chi connectivity index (χ0v) is 19.2. The Balaban J connectivity index is 1.66. The molecule has 0 spiro atoms. The third-order valence-corrected chi connectivity index (χ3v) is 5.70. The van der Waals surface area contributed by atoms with Crippen LogP contribution in [0.4, 0.5) is 41.7 Å². The summed E-state index contributed by atoms with van der Waals surface area (Å²) < 4.78 is 46.9. The minimum Gasteiger partial charge on any atom is -0.378 e. The van der Waals surface area contributed by atoms with Gasteiger partial charge < -0.3 is 19.9 Å². The van der Waals surface area contributed by atoms with Crippen LogP contribution in [0, 0.1) is 0 Å². The van der Waals surface area contributed by atoms with Crippen molar-refractivity contribution >= 4 is 34.5 Å². The fourth-order valence-corrected chi connectivity index (χ4v) is 3.91. The lowest BCUT2D eigenvalue weighted by Crippen LogP contribution is -2.36. The normalized spacial score (nSPS) is 13.6. The molecule has 2 heterocycles. The fourth-order valence-electron chi connectivity index (χ4n) is 3.91. The van der Waals surface area contributed by atoms with Crippen LogP contribution in [0.2, 0.25) is 0 Å². The largest absolute Gasteiger partial charge is 0.419 e. The van der Waals surface area contributed by atoms with Crippen LogP contribution in [0.1, 0.15) is 15.9 Å². The number of ether oxygens (including phenoxy) is 1. The third kappa shape index (κ3) is 5.51. The van der Waals surface area contributed by atoms with E-state index in [1.807, 2.05) is 24.3 Å². The molecule has 2 aromatic carbocycles. The Kier molecular flexibility index (Phi) is 7.28. The topological polar surface area (TPSA) is 106 Å². The number of hydrogen-bond acceptors (Lipinski definition) is 6. The second kappa shape index (κ2) is 10.5. The van der Waals surface area contributed by atoms with E-state index < -0.39 is 17.6 Å². The monoisotopic (exact) mass is 497 g/mol. The van der Waals surface area contributed by atoms with Gasteiger partial charge in [0.05, 0.1) is 30.2 Å². The molecule has 4 rings (SSSR count). The molecule has 12 heteroatoms. The maximum Gasteiger partial charge on any atom is 0.419 e. The van der Waals surface area contributed by atoms with Gasteiger partial charge in [-0.1, -0.05) is 12.1 Å². The summed E-state index contributed by atoms with van der Waals surface area (Å²) in [6.07, 6.45) is -3.95. The van der Waals surface area contributed by atoms with E-state index in [1.54, 1.807) is 6.07 Å². The second-order valence-electron chi connectivity index (χ2n) is 7.93. The van der Waals surface area contributed by atoms with Gasteiger partial charge in [0.1, 0.15) is 5.82 Å². The standard InChI is InChI=1S/C24H22F3N7O2/c1-33(20-5-3-2-4-18(20)23(35)31-32-28)21-14-22(29-15-19(21)24(25,26)27)30-16-6-8-17(9-7-16)34-10-12-36-13-11-34/h2-9,14-15H,10-13H2,1H3,(H,29,30). The number of azide groups is 1. The molecule has 3 aromatic rings. The first-order valence-corrected chi connectivity index (χ1v) is 11.0. The molecule has 1 amide bonds. The van der Waals surface area contributed by atoms with Crippen LogP contribution in [0.5, 0.6) is 0 Å². The highest BCUT2D eigenvalue weighted by Gasteiger charge is 2.36. The van der Waals surface area contributed by atoms with Gasteiger partial charge in [-0.3, -0.25) is 4.79 Å². The van der Waals surface area contributed by atoms with Gasteiger partial charge in [0.25, 0.3) is 5.91 Å². The second-order valence-corrected chi connectivity index (χ2v) is 7.93. The third-order valence-electron chi connectivity index (χ3n) is 5.70. The van der Waals surface area contributed by atoms with Crippen LogP contribution in [0.15, 0.2) is 65.9 Å². The number of rotatable bonds is 6. The molecule has 36 heavy (non-hydrogen) atoms. The number of alkyl halides is 3. The first-order chi connectivity index (χ1) is 17.3. The summed E-state index contributed by atoms with van der Waals surface area (Å²) >= 11 is 0. The number of amides is 1. The molecule has 1 fully saturated rings. The summed E-state index contributed by atoms with van der Waals surface area (Å²) in [6, 6.07) is 14.7. The number of carbonyl (C=O) groups is 1. The van der Waals surface area contributed by atoms with Crippen molar-refractivity contribution in [1.82, 2.24) is 4.98 Å². The highest BCUT2D eigenvalue weighted by Crippen LogP contribution is 2.40. The summed E-state index contributed by atoms with van der Waals surface area (Å²) in [5.41, 5.74) is 9.18. The van der Waals surface area contributed by atoms with E-state index in [9.17, 15) is 18.0 Å². The average molecular weight is 497 g/mol. The van der Waals surface area contributed by atoms with E-state index in [1.165, 1.54) is 36.2 Å². The molecular weight excluding hydrogens is 475 g/mol. The highest BCUT2D eigenvalue weighted by atomic mass is 19.4. The van der Waals surface area contributed by atoms with Crippen molar-refractivity contribution in [2.75, 3.05) is 48.5 Å². The Morgan fingerprint density at radius 1 is 1.14 bits per heavy atom. The summed E-state index contributed by atoms with van der Waals surface area (Å²) in [7, 11) is 1.40. The number of hydrogen-bond donors (Lipinski definition) is 1. The first-order valence-electron chi connectivity index (χ1n) is 11.0. The molecule has 0 aliphatic carbocycles. The fraction of sp³-hybridized carbons (Fsp3) is 0.250. The van der Waals surface area contributed by atoms with Crippen molar-refractivity contribution in [3.8, 4) is 0 Å². The summed E-state index contributed by atoms with van der Waals surface area (Å²) in [4.78, 5) is 22.1. The van der Waals surface area contributed by atoms with Gasteiger partial charge >= 0.3 is 6.18 Å². The van der Waals surface area contributed by atoms with Gasteiger partial charge in [-0.05, 0) is 47.0 Å². The van der Waals surface area contributed by atoms with E-state index >= 15 is 0 Å². The molecule has 1 N–H and O–H groups in total. The molecule has 0 radical (unpaired) electrons. The van der Waals surface area contributed by atoms with E-state index in [0.717, 1.165) is 25.0 Å². The molecule has 0 atom stereocenters. The Labute approximate surface area is 204 Å². The van der Waals surface area contributed by atoms with Gasteiger partial charge in [0.2, 0.25) is 0 Å². The van der Waals surface area contributed by atoms with Gasteiger partial charge in [0.15, 0.2) is 0 Å². The number of nitrogens with one attached hydrogen (secondary N) is 1. The van der Waals surface area contributed by atoms with E-state index in [2.05, 4.69) is 25.2 Å². The lowest BCUT2D eigenvalue weighted by atomic mass is 10.1. The summed E-state index contributed by atoms with van der Waals surface area (Å²) in [6.45, 7) is 2.88. The zero-order chi connectivity index (χ0) is 25.7. The Morgan fingerprint density at radius 3 is 2.50 bits per heavy atom. The molecule has 1 aliphatic rings. The minimum absolute atomic E-state index is 0.0315. The zero-order valence-electron chi connectivity index (χ0n) is 19.2. The SMILES string of the molecule is CN(c1ccccc1C(=O)N=[N+]=[N-])c1cc(Nc2ccc(N3CCOCC3)cc2)ncc1C(F)(F)F. The maximum absolute atomic E-state index is 13.9. The molecule has 9 nitrogen and oxygen atoms in total. The Hall–Kier alpha value is -4.28. The lowest BCUT2D eigenvalue weighted by Gasteiger charge is -2.29. The van der Waals surface area contributed by atoms with Gasteiger partial charge in [-0.25, -0.2) is 4.98 Å². The molecule has 1 saturated heterocycles. The maximum atomic E-state index is 13.9. The van der Waals surface area contributed by atoms with E-state index in [4.69, 9.17) is 10.3 Å². The predicted molar refractivity (Wildman–Crippen MR) is 130 cm³/mol. The number of benzene rings is 2. The van der Waals surface area contributed by atoms with Crippen LogP contribution >= 0.6 is 0 Å². The van der Waals surface area contributed by atoms with Crippen LogP contribution < -0.4 is 15.1 Å².